The third-order valence-corrected chi connectivity index (χ3v) is 5.56. The number of carbonyl (C=O) groups is 3. The summed E-state index contributed by atoms with van der Waals surface area (Å²) in [5.41, 5.74) is -4.09. The minimum atomic E-state index is -2.24. The standard InChI is InChI=1S/C20H16N2O8/c1-7(23)30-19-14-12(17(27)18(28)20(19,2)29)11-13(22(14)6-21)16(26)10-8(15(11)25)4-3-5-9(10)24/h3-5,17-19,24,27-29H,1-2H3/t17-,18+,19+,20+/m0/s1. The van der Waals surface area contributed by atoms with Crippen LogP contribution in [-0.2, 0) is 9.53 Å². The van der Waals surface area contributed by atoms with E-state index in [2.05, 4.69) is 0 Å². The average Bonchev–Trinajstić information content (AvgIpc) is 3.03. The zero-order valence-electron chi connectivity index (χ0n) is 15.8. The highest BCUT2D eigenvalue weighted by molar-refractivity contribution is 6.29. The van der Waals surface area contributed by atoms with Gasteiger partial charge >= 0.3 is 5.97 Å². The number of nitriles is 1. The van der Waals surface area contributed by atoms with Crippen molar-refractivity contribution < 1.29 is 39.5 Å². The number of phenols is 1. The third kappa shape index (κ3) is 2.31. The van der Waals surface area contributed by atoms with Crippen LogP contribution in [0.25, 0.3) is 0 Å². The Kier molecular flexibility index (Phi) is 4.11. The molecule has 30 heavy (non-hydrogen) atoms. The summed E-state index contributed by atoms with van der Waals surface area (Å²) >= 11 is 0. The molecule has 2 aliphatic rings. The number of carbonyl (C=O) groups excluding carboxylic acids is 3. The number of hydrogen-bond donors (Lipinski definition) is 4. The Labute approximate surface area is 169 Å². The van der Waals surface area contributed by atoms with E-state index in [0.717, 1.165) is 13.8 Å². The zero-order valence-corrected chi connectivity index (χ0v) is 15.8. The van der Waals surface area contributed by atoms with Gasteiger partial charge in [-0.25, -0.2) is 4.57 Å². The van der Waals surface area contributed by atoms with Gasteiger partial charge in [0.05, 0.1) is 16.8 Å². The van der Waals surface area contributed by atoms with E-state index in [9.17, 15) is 40.1 Å². The molecule has 10 nitrogen and oxygen atoms in total. The second-order valence-electron chi connectivity index (χ2n) is 7.42. The first kappa shape index (κ1) is 19.8. The molecule has 1 aromatic carbocycles. The first-order valence-corrected chi connectivity index (χ1v) is 8.89. The lowest BCUT2D eigenvalue weighted by Crippen LogP contribution is -2.53. The summed E-state index contributed by atoms with van der Waals surface area (Å²) in [6.45, 7) is 2.13. The first-order valence-electron chi connectivity index (χ1n) is 8.89. The number of hydrogen-bond acceptors (Lipinski definition) is 9. The highest BCUT2D eigenvalue weighted by Crippen LogP contribution is 2.50. The fourth-order valence-electron chi connectivity index (χ4n) is 4.19. The van der Waals surface area contributed by atoms with Crippen LogP contribution in [-0.4, -0.2) is 54.2 Å². The number of fused-ring (bicyclic) bond motifs is 4. The molecule has 4 rings (SSSR count). The number of esters is 1. The molecular formula is C20H16N2O8. The van der Waals surface area contributed by atoms with Crippen molar-refractivity contribution in [3.8, 4) is 11.9 Å². The lowest BCUT2D eigenvalue weighted by Gasteiger charge is -2.42. The van der Waals surface area contributed by atoms with Crippen molar-refractivity contribution in [2.75, 3.05) is 0 Å². The van der Waals surface area contributed by atoms with E-state index in [4.69, 9.17) is 4.74 Å². The van der Waals surface area contributed by atoms with Gasteiger partial charge in [0, 0.05) is 18.1 Å². The average molecular weight is 412 g/mol. The Morgan fingerprint density at radius 1 is 1.23 bits per heavy atom. The molecule has 0 saturated heterocycles. The number of aliphatic hydroxyl groups is 3. The second kappa shape index (κ2) is 6.24. The maximum atomic E-state index is 13.2. The first-order chi connectivity index (χ1) is 14.0. The Hall–Kier alpha value is -3.52. The molecular weight excluding hydrogens is 396 g/mol. The molecule has 1 aromatic heterocycles. The van der Waals surface area contributed by atoms with Gasteiger partial charge in [-0.05, 0) is 13.0 Å². The van der Waals surface area contributed by atoms with Crippen molar-refractivity contribution in [3.05, 3.63) is 51.8 Å². The van der Waals surface area contributed by atoms with Gasteiger partial charge in [0.25, 0.3) is 0 Å². The van der Waals surface area contributed by atoms with Crippen LogP contribution in [0.4, 0.5) is 0 Å². The summed E-state index contributed by atoms with van der Waals surface area (Å²) in [6, 6.07) is 3.87. The van der Waals surface area contributed by atoms with Gasteiger partial charge in [0.1, 0.15) is 29.3 Å². The van der Waals surface area contributed by atoms with Crippen LogP contribution in [0, 0.1) is 11.5 Å². The molecule has 0 spiro atoms. The fraction of sp³-hybridized carbons (Fsp3) is 0.300. The van der Waals surface area contributed by atoms with Gasteiger partial charge in [0.15, 0.2) is 18.1 Å². The zero-order chi connectivity index (χ0) is 22.1. The van der Waals surface area contributed by atoms with Crippen LogP contribution in [0.3, 0.4) is 0 Å². The van der Waals surface area contributed by atoms with Gasteiger partial charge in [-0.1, -0.05) is 12.1 Å². The van der Waals surface area contributed by atoms with Crippen molar-refractivity contribution in [1.29, 1.82) is 5.26 Å². The van der Waals surface area contributed by atoms with Crippen molar-refractivity contribution in [2.24, 2.45) is 0 Å². The van der Waals surface area contributed by atoms with E-state index in [-0.39, 0.29) is 27.9 Å². The summed E-state index contributed by atoms with van der Waals surface area (Å²) in [5.74, 6) is -2.96. The van der Waals surface area contributed by atoms with Crippen LogP contribution < -0.4 is 0 Å². The number of ketones is 2. The van der Waals surface area contributed by atoms with E-state index >= 15 is 0 Å². The van der Waals surface area contributed by atoms with Gasteiger partial charge < -0.3 is 25.2 Å². The molecule has 0 fully saturated rings. The summed E-state index contributed by atoms with van der Waals surface area (Å²) in [5, 5.41) is 51.8. The maximum absolute atomic E-state index is 13.2. The highest BCUT2D eigenvalue weighted by Gasteiger charge is 2.56. The largest absolute Gasteiger partial charge is 0.507 e. The summed E-state index contributed by atoms with van der Waals surface area (Å²) < 4.78 is 5.83. The van der Waals surface area contributed by atoms with Gasteiger partial charge in [0.2, 0.25) is 5.78 Å². The molecule has 4 atom stereocenters. The van der Waals surface area contributed by atoms with E-state index in [0.29, 0.717) is 4.57 Å². The van der Waals surface area contributed by atoms with E-state index < -0.39 is 52.9 Å². The third-order valence-electron chi connectivity index (χ3n) is 5.56. The van der Waals surface area contributed by atoms with E-state index in [1.807, 2.05) is 0 Å². The van der Waals surface area contributed by atoms with Crippen LogP contribution >= 0.6 is 0 Å². The fourth-order valence-corrected chi connectivity index (χ4v) is 4.19. The number of ether oxygens (including phenoxy) is 1. The quantitative estimate of drug-likeness (QED) is 0.404. The number of aromatic nitrogens is 1. The predicted molar refractivity (Wildman–Crippen MR) is 96.5 cm³/mol. The molecule has 2 aromatic rings. The summed E-state index contributed by atoms with van der Waals surface area (Å²) in [6.07, 6.45) is -3.72. The van der Waals surface area contributed by atoms with Crippen molar-refractivity contribution in [3.63, 3.8) is 0 Å². The van der Waals surface area contributed by atoms with Gasteiger partial charge in [-0.15, -0.1) is 0 Å². The van der Waals surface area contributed by atoms with Crippen LogP contribution in [0.1, 0.15) is 69.3 Å². The van der Waals surface area contributed by atoms with E-state index in [1.54, 1.807) is 6.19 Å². The molecule has 4 N–H and O–H groups in total. The molecule has 0 bridgehead atoms. The maximum Gasteiger partial charge on any atom is 0.303 e. The molecule has 0 amide bonds. The monoisotopic (exact) mass is 412 g/mol. The predicted octanol–water partition coefficient (Wildman–Crippen LogP) is 0.0614. The Bertz CT molecular complexity index is 1190. The lowest BCUT2D eigenvalue weighted by atomic mass is 9.75. The summed E-state index contributed by atoms with van der Waals surface area (Å²) in [7, 11) is 0. The molecule has 2 aliphatic carbocycles. The molecule has 0 saturated carbocycles. The Morgan fingerprint density at radius 2 is 1.90 bits per heavy atom. The number of nitrogens with zero attached hydrogens (tertiary/aromatic N) is 2. The summed E-state index contributed by atoms with van der Waals surface area (Å²) in [4.78, 5) is 38.0. The molecule has 0 unspecified atom stereocenters. The minimum absolute atomic E-state index is 0.145. The number of benzene rings is 1. The smallest absolute Gasteiger partial charge is 0.303 e. The Morgan fingerprint density at radius 3 is 2.50 bits per heavy atom. The normalized spacial score (nSPS) is 27.0. The second-order valence-corrected chi connectivity index (χ2v) is 7.42. The van der Waals surface area contributed by atoms with E-state index in [1.165, 1.54) is 18.2 Å². The van der Waals surface area contributed by atoms with Crippen molar-refractivity contribution >= 4 is 17.5 Å². The van der Waals surface area contributed by atoms with Crippen LogP contribution in [0.15, 0.2) is 18.2 Å². The SMILES string of the molecule is CC(=O)O[C@@H]1c2c(c3c(n2C#N)C(=O)c2c(O)cccc2C3=O)[C@H](O)[C@@H](O)[C@@]1(C)O. The van der Waals surface area contributed by atoms with Gasteiger partial charge in [-0.3, -0.25) is 14.4 Å². The molecule has 0 aliphatic heterocycles. The number of aliphatic hydroxyl groups excluding tert-OH is 2. The minimum Gasteiger partial charge on any atom is -0.507 e. The Balaban J connectivity index is 2.12. The molecule has 10 heteroatoms. The van der Waals surface area contributed by atoms with Gasteiger partial charge in [-0.2, -0.15) is 5.26 Å². The molecule has 0 radical (unpaired) electrons. The number of phenolic OH excluding ortho intramolecular Hbond substituents is 1. The number of aromatic hydroxyl groups is 1. The van der Waals surface area contributed by atoms with Crippen LogP contribution in [0.5, 0.6) is 5.75 Å². The van der Waals surface area contributed by atoms with Crippen molar-refractivity contribution in [1.82, 2.24) is 4.57 Å². The lowest BCUT2D eigenvalue weighted by molar-refractivity contribution is -0.202. The van der Waals surface area contributed by atoms with Crippen LogP contribution in [0.2, 0.25) is 0 Å². The van der Waals surface area contributed by atoms with Crippen molar-refractivity contribution in [2.45, 2.75) is 37.8 Å². The topological polar surface area (TPSA) is 170 Å². The number of rotatable bonds is 1. The molecule has 154 valence electrons. The molecule has 1 heterocycles. The highest BCUT2D eigenvalue weighted by atomic mass is 16.6.